The molecule has 2 aromatic rings. The molecule has 0 bridgehead atoms. The van der Waals surface area contributed by atoms with Gasteiger partial charge in [0, 0.05) is 39.8 Å². The molecule has 1 saturated heterocycles. The number of aromatic amines is 1. The van der Waals surface area contributed by atoms with Gasteiger partial charge in [-0.15, -0.1) is 9.03 Å². The summed E-state index contributed by atoms with van der Waals surface area (Å²) in [5, 5.41) is 7.17. The highest BCUT2D eigenvalue weighted by atomic mass is 32.2. The number of alkyl halides is 2. The third kappa shape index (κ3) is 6.53. The summed E-state index contributed by atoms with van der Waals surface area (Å²) in [5.74, 6) is 1.50. The van der Waals surface area contributed by atoms with Gasteiger partial charge in [0.15, 0.2) is 0 Å². The second-order valence-corrected chi connectivity index (χ2v) is 8.91. The summed E-state index contributed by atoms with van der Waals surface area (Å²) < 4.78 is 41.4. The van der Waals surface area contributed by atoms with Crippen molar-refractivity contribution in [2.24, 2.45) is 5.92 Å². The van der Waals surface area contributed by atoms with Gasteiger partial charge in [0.05, 0.1) is 23.3 Å². The van der Waals surface area contributed by atoms with Gasteiger partial charge in [-0.05, 0) is 30.9 Å². The number of anilines is 1. The predicted octanol–water partition coefficient (Wildman–Crippen LogP) is 2.11. The number of aromatic nitrogens is 4. The number of allylic oxidation sites excluding steroid dienone is 1. The Balaban J connectivity index is 1.65. The predicted molar refractivity (Wildman–Crippen MR) is 117 cm³/mol. The quantitative estimate of drug-likeness (QED) is 0.394. The third-order valence-corrected chi connectivity index (χ3v) is 5.93. The highest BCUT2D eigenvalue weighted by molar-refractivity contribution is 7.87. The SMILES string of the molecule is CN(C)[S+]([O-])NCC1CCCN(c2cc(-c3cnc(/C=C\C(=N)C(F)F)[nH]3)ncn2)C1. The van der Waals surface area contributed by atoms with Gasteiger partial charge >= 0.3 is 0 Å². The number of rotatable bonds is 9. The number of piperidine rings is 1. The summed E-state index contributed by atoms with van der Waals surface area (Å²) in [5.41, 5.74) is 0.490. The number of hydrogen-bond acceptors (Lipinski definition) is 8. The summed E-state index contributed by atoms with van der Waals surface area (Å²) in [6.07, 6.45) is 4.64. The summed E-state index contributed by atoms with van der Waals surface area (Å²) >= 11 is -1.20. The minimum atomic E-state index is -2.82. The van der Waals surface area contributed by atoms with Gasteiger partial charge in [-0.25, -0.2) is 23.7 Å². The Bertz CT molecular complexity index is 907. The van der Waals surface area contributed by atoms with Crippen LogP contribution in [-0.2, 0) is 11.5 Å². The molecule has 0 amide bonds. The number of nitrogens with zero attached hydrogens (tertiary/aromatic N) is 5. The highest BCUT2D eigenvalue weighted by Crippen LogP contribution is 2.24. The van der Waals surface area contributed by atoms with E-state index in [4.69, 9.17) is 5.41 Å². The first kappa shape index (κ1) is 23.3. The minimum Gasteiger partial charge on any atom is -0.579 e. The molecule has 0 saturated carbocycles. The zero-order chi connectivity index (χ0) is 22.4. The van der Waals surface area contributed by atoms with Crippen LogP contribution in [0.1, 0.15) is 18.7 Å². The van der Waals surface area contributed by atoms with Gasteiger partial charge < -0.3 is 14.4 Å². The molecule has 168 valence electrons. The lowest BCUT2D eigenvalue weighted by molar-refractivity contribution is 0.226. The lowest BCUT2D eigenvalue weighted by Gasteiger charge is -2.33. The summed E-state index contributed by atoms with van der Waals surface area (Å²) in [6, 6.07) is 1.86. The van der Waals surface area contributed by atoms with Gasteiger partial charge in [0.25, 0.3) is 6.43 Å². The molecule has 2 unspecified atom stereocenters. The molecule has 2 atom stereocenters. The summed E-state index contributed by atoms with van der Waals surface area (Å²) in [4.78, 5) is 18.0. The second kappa shape index (κ2) is 10.8. The van der Waals surface area contributed by atoms with Gasteiger partial charge in [-0.1, -0.05) is 0 Å². The fraction of sp³-hybridized carbons (Fsp3) is 0.474. The first-order valence-corrected chi connectivity index (χ1v) is 10.9. The topological polar surface area (TPSA) is 120 Å². The van der Waals surface area contributed by atoms with E-state index in [2.05, 4.69) is 29.6 Å². The molecule has 9 nitrogen and oxygen atoms in total. The molecule has 0 aliphatic carbocycles. The van der Waals surface area contributed by atoms with E-state index in [1.54, 1.807) is 24.6 Å². The Hall–Kier alpha value is -2.41. The molecule has 3 rings (SSSR count). The van der Waals surface area contributed by atoms with Crippen LogP contribution in [0.2, 0.25) is 0 Å². The van der Waals surface area contributed by atoms with Crippen LogP contribution in [0.5, 0.6) is 0 Å². The van der Waals surface area contributed by atoms with E-state index in [0.717, 1.165) is 37.8 Å². The van der Waals surface area contributed by atoms with Gasteiger partial charge in [0.1, 0.15) is 29.5 Å². The summed E-state index contributed by atoms with van der Waals surface area (Å²) in [6.45, 7) is 2.32. The second-order valence-electron chi connectivity index (χ2n) is 7.40. The van der Waals surface area contributed by atoms with E-state index < -0.39 is 23.7 Å². The third-order valence-electron chi connectivity index (χ3n) is 4.85. The maximum Gasteiger partial charge on any atom is 0.279 e. The van der Waals surface area contributed by atoms with Crippen molar-refractivity contribution in [1.29, 1.82) is 5.41 Å². The van der Waals surface area contributed by atoms with Crippen molar-refractivity contribution < 1.29 is 13.3 Å². The van der Waals surface area contributed by atoms with Crippen molar-refractivity contribution >= 4 is 29.2 Å². The zero-order valence-electron chi connectivity index (χ0n) is 17.4. The first-order valence-electron chi connectivity index (χ1n) is 9.83. The number of H-pyrrole nitrogens is 1. The van der Waals surface area contributed by atoms with E-state index in [1.165, 1.54) is 12.4 Å². The van der Waals surface area contributed by atoms with E-state index in [9.17, 15) is 13.3 Å². The van der Waals surface area contributed by atoms with Crippen molar-refractivity contribution in [2.45, 2.75) is 19.3 Å². The van der Waals surface area contributed by atoms with Crippen molar-refractivity contribution in [2.75, 3.05) is 38.6 Å². The molecule has 2 aromatic heterocycles. The monoisotopic (exact) mass is 452 g/mol. The fourth-order valence-corrected chi connectivity index (χ4v) is 3.85. The van der Waals surface area contributed by atoms with Crippen LogP contribution < -0.4 is 9.62 Å². The molecule has 1 aliphatic rings. The number of halogens is 2. The van der Waals surface area contributed by atoms with Crippen LogP contribution in [-0.4, -0.2) is 74.7 Å². The van der Waals surface area contributed by atoms with Crippen molar-refractivity contribution in [3.8, 4) is 11.4 Å². The highest BCUT2D eigenvalue weighted by Gasteiger charge is 2.23. The average molecular weight is 453 g/mol. The lowest BCUT2D eigenvalue weighted by atomic mass is 9.98. The molecule has 31 heavy (non-hydrogen) atoms. The molecule has 0 spiro atoms. The standard InChI is InChI=1S/C19H26F2N8OS/c1-28(2)31(30)26-9-13-4-3-7-29(11-13)18-8-15(24-12-25-18)16-10-23-17(27-16)6-5-14(22)19(20)21/h5-6,8,10,12-13,19,22,26H,3-4,7,9,11H2,1-2H3,(H,23,27)/b6-5-,22-14?. The van der Waals surface area contributed by atoms with Gasteiger partial charge in [0.2, 0.25) is 0 Å². The van der Waals surface area contributed by atoms with Crippen LogP contribution in [0, 0.1) is 11.3 Å². The molecule has 3 heterocycles. The smallest absolute Gasteiger partial charge is 0.279 e. The molecular formula is C19H26F2N8OS. The maximum atomic E-state index is 12.4. The molecule has 1 fully saturated rings. The number of hydrogen-bond donors (Lipinski definition) is 3. The lowest BCUT2D eigenvalue weighted by Crippen LogP contribution is -2.44. The Morgan fingerprint density at radius 3 is 3.00 bits per heavy atom. The molecule has 12 heteroatoms. The van der Waals surface area contributed by atoms with Crippen molar-refractivity contribution in [3.63, 3.8) is 0 Å². The van der Waals surface area contributed by atoms with Crippen molar-refractivity contribution in [1.82, 2.24) is 29.0 Å². The van der Waals surface area contributed by atoms with Crippen LogP contribution in [0.15, 0.2) is 24.7 Å². The van der Waals surface area contributed by atoms with E-state index >= 15 is 0 Å². The van der Waals surface area contributed by atoms with E-state index in [0.29, 0.717) is 29.7 Å². The zero-order valence-corrected chi connectivity index (χ0v) is 18.2. The number of nitrogens with one attached hydrogen (secondary N) is 3. The van der Waals surface area contributed by atoms with E-state index in [-0.39, 0.29) is 0 Å². The number of imidazole rings is 1. The molecule has 3 N–H and O–H groups in total. The van der Waals surface area contributed by atoms with Crippen LogP contribution in [0.3, 0.4) is 0 Å². The molecule has 0 aromatic carbocycles. The fourth-order valence-electron chi connectivity index (χ4n) is 3.22. The summed E-state index contributed by atoms with van der Waals surface area (Å²) in [7, 11) is 3.52. The first-order chi connectivity index (χ1) is 14.8. The van der Waals surface area contributed by atoms with Crippen LogP contribution in [0.25, 0.3) is 17.5 Å². The largest absolute Gasteiger partial charge is 0.579 e. The minimum absolute atomic E-state index is 0.352. The van der Waals surface area contributed by atoms with Crippen molar-refractivity contribution in [3.05, 3.63) is 30.5 Å². The Kier molecular flexibility index (Phi) is 8.07. The maximum absolute atomic E-state index is 12.4. The average Bonchev–Trinajstić information content (AvgIpc) is 3.25. The van der Waals surface area contributed by atoms with Crippen LogP contribution in [0.4, 0.5) is 14.6 Å². The molecule has 0 radical (unpaired) electrons. The van der Waals surface area contributed by atoms with Crippen LogP contribution >= 0.6 is 0 Å². The molecular weight excluding hydrogens is 426 g/mol. The Morgan fingerprint density at radius 1 is 1.45 bits per heavy atom. The Labute approximate surface area is 182 Å². The normalized spacial score (nSPS) is 18.3. The van der Waals surface area contributed by atoms with E-state index in [1.807, 2.05) is 6.07 Å². The van der Waals surface area contributed by atoms with Gasteiger partial charge in [-0.3, -0.25) is 5.41 Å². The van der Waals surface area contributed by atoms with Gasteiger partial charge in [-0.2, -0.15) is 0 Å². The Morgan fingerprint density at radius 2 is 2.26 bits per heavy atom. The molecule has 1 aliphatic heterocycles.